The van der Waals surface area contributed by atoms with Gasteiger partial charge < -0.3 is 15.4 Å². The maximum absolute atomic E-state index is 5.68. The average Bonchev–Trinajstić information content (AvgIpc) is 3.45. The van der Waals surface area contributed by atoms with E-state index in [1.54, 1.807) is 0 Å². The SMILES string of the molecule is CN=C(NCc1ccccc1-n1nc(C)cc1C)NCC1(N2CCCC2)CCOCC1. The third-order valence-electron chi connectivity index (χ3n) is 6.68. The maximum atomic E-state index is 5.68. The molecule has 2 aliphatic heterocycles. The van der Waals surface area contributed by atoms with Crippen molar-refractivity contribution in [2.24, 2.45) is 4.99 Å². The Kier molecular flexibility index (Phi) is 6.92. The van der Waals surface area contributed by atoms with Crippen molar-refractivity contribution in [3.05, 3.63) is 47.3 Å². The molecule has 0 saturated carbocycles. The van der Waals surface area contributed by atoms with E-state index in [0.717, 1.165) is 55.6 Å². The summed E-state index contributed by atoms with van der Waals surface area (Å²) < 4.78 is 7.70. The van der Waals surface area contributed by atoms with Gasteiger partial charge in [-0.25, -0.2) is 4.68 Å². The zero-order valence-electron chi connectivity index (χ0n) is 19.2. The van der Waals surface area contributed by atoms with Crippen LogP contribution in [0.5, 0.6) is 0 Å². The van der Waals surface area contributed by atoms with Crippen molar-refractivity contribution in [2.75, 3.05) is 39.9 Å². The lowest BCUT2D eigenvalue weighted by Crippen LogP contribution is -2.58. The predicted molar refractivity (Wildman–Crippen MR) is 125 cm³/mol. The molecule has 0 amide bonds. The highest BCUT2D eigenvalue weighted by Crippen LogP contribution is 2.30. The molecule has 0 unspecified atom stereocenters. The first-order valence-corrected chi connectivity index (χ1v) is 11.5. The van der Waals surface area contributed by atoms with Gasteiger partial charge in [-0.3, -0.25) is 9.89 Å². The van der Waals surface area contributed by atoms with Crippen molar-refractivity contribution in [1.82, 2.24) is 25.3 Å². The van der Waals surface area contributed by atoms with Crippen molar-refractivity contribution < 1.29 is 4.74 Å². The summed E-state index contributed by atoms with van der Waals surface area (Å²) in [7, 11) is 1.84. The van der Waals surface area contributed by atoms with E-state index in [4.69, 9.17) is 4.74 Å². The highest BCUT2D eigenvalue weighted by atomic mass is 16.5. The second-order valence-electron chi connectivity index (χ2n) is 8.78. The predicted octanol–water partition coefficient (Wildman–Crippen LogP) is 2.80. The molecule has 0 aliphatic carbocycles. The molecule has 1 aromatic carbocycles. The van der Waals surface area contributed by atoms with E-state index >= 15 is 0 Å². The Bertz CT molecular complexity index is 893. The van der Waals surface area contributed by atoms with E-state index in [2.05, 4.69) is 62.9 Å². The Morgan fingerprint density at radius 3 is 2.55 bits per heavy atom. The molecule has 7 nitrogen and oxygen atoms in total. The molecular weight excluding hydrogens is 388 g/mol. The molecule has 0 spiro atoms. The first-order chi connectivity index (χ1) is 15.1. The van der Waals surface area contributed by atoms with E-state index in [0.29, 0.717) is 6.54 Å². The van der Waals surface area contributed by atoms with Crippen LogP contribution in [0.25, 0.3) is 5.69 Å². The molecule has 2 aromatic rings. The third kappa shape index (κ3) is 4.93. The lowest BCUT2D eigenvalue weighted by molar-refractivity contribution is -0.0164. The summed E-state index contributed by atoms with van der Waals surface area (Å²) in [5, 5.41) is 11.8. The molecule has 168 valence electrons. The first kappa shape index (κ1) is 21.8. The molecule has 2 fully saturated rings. The van der Waals surface area contributed by atoms with Crippen molar-refractivity contribution in [3.8, 4) is 5.69 Å². The molecule has 0 bridgehead atoms. The molecule has 3 heterocycles. The van der Waals surface area contributed by atoms with Crippen molar-refractivity contribution >= 4 is 5.96 Å². The van der Waals surface area contributed by atoms with Gasteiger partial charge in [0.15, 0.2) is 5.96 Å². The van der Waals surface area contributed by atoms with E-state index in [-0.39, 0.29) is 5.54 Å². The van der Waals surface area contributed by atoms with E-state index in [1.165, 1.54) is 31.5 Å². The van der Waals surface area contributed by atoms with Gasteiger partial charge in [0, 0.05) is 44.6 Å². The number of benzene rings is 1. The molecule has 1 aromatic heterocycles. The van der Waals surface area contributed by atoms with Crippen LogP contribution < -0.4 is 10.6 Å². The van der Waals surface area contributed by atoms with Crippen LogP contribution in [0.2, 0.25) is 0 Å². The van der Waals surface area contributed by atoms with Gasteiger partial charge in [-0.2, -0.15) is 5.10 Å². The molecule has 2 saturated heterocycles. The Morgan fingerprint density at radius 2 is 1.87 bits per heavy atom. The van der Waals surface area contributed by atoms with Crippen LogP contribution in [-0.2, 0) is 11.3 Å². The number of aliphatic imine (C=N–C) groups is 1. The van der Waals surface area contributed by atoms with E-state index < -0.39 is 0 Å². The molecular formula is C24H36N6O. The smallest absolute Gasteiger partial charge is 0.191 e. The fourth-order valence-electron chi connectivity index (χ4n) is 4.94. The van der Waals surface area contributed by atoms with Crippen molar-refractivity contribution in [3.63, 3.8) is 0 Å². The van der Waals surface area contributed by atoms with Crippen LogP contribution in [0.4, 0.5) is 0 Å². The van der Waals surface area contributed by atoms with Gasteiger partial charge in [0.05, 0.1) is 11.4 Å². The van der Waals surface area contributed by atoms with Gasteiger partial charge in [-0.15, -0.1) is 0 Å². The fourth-order valence-corrected chi connectivity index (χ4v) is 4.94. The Hall–Kier alpha value is -2.38. The summed E-state index contributed by atoms with van der Waals surface area (Å²) in [5.74, 6) is 0.841. The summed E-state index contributed by atoms with van der Waals surface area (Å²) in [6.45, 7) is 9.80. The fraction of sp³-hybridized carbons (Fsp3) is 0.583. The second-order valence-corrected chi connectivity index (χ2v) is 8.78. The average molecular weight is 425 g/mol. The van der Waals surface area contributed by atoms with Crippen LogP contribution in [0.15, 0.2) is 35.3 Å². The number of nitrogens with zero attached hydrogens (tertiary/aromatic N) is 4. The van der Waals surface area contributed by atoms with Gasteiger partial charge in [0.1, 0.15) is 0 Å². The van der Waals surface area contributed by atoms with Gasteiger partial charge in [0.2, 0.25) is 0 Å². The van der Waals surface area contributed by atoms with E-state index in [9.17, 15) is 0 Å². The summed E-state index contributed by atoms with van der Waals surface area (Å²) >= 11 is 0. The molecule has 0 radical (unpaired) electrons. The van der Waals surface area contributed by atoms with Crippen molar-refractivity contribution in [2.45, 2.75) is 51.6 Å². The van der Waals surface area contributed by atoms with Gasteiger partial charge in [-0.1, -0.05) is 18.2 Å². The van der Waals surface area contributed by atoms with Crippen LogP contribution in [0.1, 0.15) is 42.6 Å². The quantitative estimate of drug-likeness (QED) is 0.551. The molecule has 2 aliphatic rings. The first-order valence-electron chi connectivity index (χ1n) is 11.5. The Labute approximate surface area is 185 Å². The molecule has 0 atom stereocenters. The van der Waals surface area contributed by atoms with Gasteiger partial charge in [-0.05, 0) is 70.3 Å². The van der Waals surface area contributed by atoms with Crippen LogP contribution in [0.3, 0.4) is 0 Å². The Balaban J connectivity index is 1.42. The van der Waals surface area contributed by atoms with Gasteiger partial charge >= 0.3 is 0 Å². The Morgan fingerprint density at radius 1 is 1.13 bits per heavy atom. The summed E-state index contributed by atoms with van der Waals surface area (Å²) in [4.78, 5) is 7.17. The van der Waals surface area contributed by atoms with E-state index in [1.807, 2.05) is 18.7 Å². The monoisotopic (exact) mass is 424 g/mol. The van der Waals surface area contributed by atoms with Crippen molar-refractivity contribution in [1.29, 1.82) is 0 Å². The number of guanidine groups is 1. The summed E-state index contributed by atoms with van der Waals surface area (Å²) in [5.41, 5.74) is 4.64. The highest BCUT2D eigenvalue weighted by molar-refractivity contribution is 5.79. The number of likely N-dealkylation sites (tertiary alicyclic amines) is 1. The lowest BCUT2D eigenvalue weighted by atomic mass is 9.88. The minimum atomic E-state index is 0.175. The van der Waals surface area contributed by atoms with Gasteiger partial charge in [0.25, 0.3) is 0 Å². The summed E-state index contributed by atoms with van der Waals surface area (Å²) in [6, 6.07) is 10.5. The number of hydrogen-bond acceptors (Lipinski definition) is 4. The van der Waals surface area contributed by atoms with Crippen LogP contribution >= 0.6 is 0 Å². The second kappa shape index (κ2) is 9.83. The molecule has 31 heavy (non-hydrogen) atoms. The number of aromatic nitrogens is 2. The maximum Gasteiger partial charge on any atom is 0.191 e. The standard InChI is InChI=1S/C24H36N6O/c1-19-16-20(2)30(28-19)22-9-5-4-8-21(22)17-26-23(25-3)27-18-24(10-14-31-15-11-24)29-12-6-7-13-29/h4-5,8-9,16H,6-7,10-15,17-18H2,1-3H3,(H2,25,26,27). The minimum Gasteiger partial charge on any atom is -0.381 e. The number of nitrogens with one attached hydrogen (secondary N) is 2. The molecule has 4 rings (SSSR count). The lowest BCUT2D eigenvalue weighted by Gasteiger charge is -2.45. The summed E-state index contributed by atoms with van der Waals surface area (Å²) in [6.07, 6.45) is 4.77. The normalized spacial score (nSPS) is 19.5. The molecule has 7 heteroatoms. The van der Waals surface area contributed by atoms with Crippen LogP contribution in [-0.4, -0.2) is 66.1 Å². The number of ether oxygens (including phenoxy) is 1. The number of hydrogen-bond donors (Lipinski definition) is 2. The minimum absolute atomic E-state index is 0.175. The number of aryl methyl sites for hydroxylation is 2. The molecule has 2 N–H and O–H groups in total. The number of para-hydroxylation sites is 1. The zero-order chi connectivity index (χ0) is 21.7. The largest absolute Gasteiger partial charge is 0.381 e. The number of rotatable bonds is 6. The highest BCUT2D eigenvalue weighted by Gasteiger charge is 2.39. The third-order valence-corrected chi connectivity index (χ3v) is 6.68. The van der Waals surface area contributed by atoms with Crippen LogP contribution in [0, 0.1) is 13.8 Å². The zero-order valence-corrected chi connectivity index (χ0v) is 19.2. The topological polar surface area (TPSA) is 66.7 Å².